The molecule has 0 spiro atoms. The van der Waals surface area contributed by atoms with Crippen molar-refractivity contribution in [3.63, 3.8) is 0 Å². The second kappa shape index (κ2) is 4.65. The van der Waals surface area contributed by atoms with Gasteiger partial charge in [0.25, 0.3) is 0 Å². The van der Waals surface area contributed by atoms with Crippen LogP contribution >= 0.6 is 0 Å². The number of hydrogen-bond acceptors (Lipinski definition) is 5. The zero-order valence-corrected chi connectivity index (χ0v) is 8.26. The predicted octanol–water partition coefficient (Wildman–Crippen LogP) is 1.82. The Labute approximate surface area is 89.3 Å². The third kappa shape index (κ3) is 2.98. The zero-order chi connectivity index (χ0) is 12.2. The van der Waals surface area contributed by atoms with E-state index in [1.165, 1.54) is 6.19 Å². The van der Waals surface area contributed by atoms with E-state index < -0.39 is 11.9 Å². The second-order valence-electron chi connectivity index (χ2n) is 2.73. The van der Waals surface area contributed by atoms with Crippen LogP contribution in [0.5, 0.6) is 0 Å². The molecule has 0 aliphatic heterocycles. The smallest absolute Gasteiger partial charge is 0.370 e. The molecule has 1 aromatic rings. The van der Waals surface area contributed by atoms with Crippen molar-refractivity contribution in [3.05, 3.63) is 11.8 Å². The van der Waals surface area contributed by atoms with Crippen molar-refractivity contribution in [1.82, 2.24) is 9.97 Å². The molecule has 0 saturated carbocycles. The number of nitriles is 1. The van der Waals surface area contributed by atoms with Crippen LogP contribution in [-0.2, 0) is 6.18 Å². The first kappa shape index (κ1) is 12.0. The van der Waals surface area contributed by atoms with Crippen molar-refractivity contribution in [2.75, 3.05) is 17.2 Å². The fourth-order valence-corrected chi connectivity index (χ4v) is 0.970. The highest BCUT2D eigenvalue weighted by molar-refractivity contribution is 5.44. The molecule has 16 heavy (non-hydrogen) atoms. The van der Waals surface area contributed by atoms with Crippen LogP contribution in [0.3, 0.4) is 0 Å². The summed E-state index contributed by atoms with van der Waals surface area (Å²) in [5.41, 5.74) is -1.10. The van der Waals surface area contributed by atoms with Gasteiger partial charge in [0.15, 0.2) is 11.9 Å². The van der Waals surface area contributed by atoms with Crippen molar-refractivity contribution >= 4 is 11.8 Å². The Kier molecular flexibility index (Phi) is 3.50. The van der Waals surface area contributed by atoms with Crippen molar-refractivity contribution in [2.24, 2.45) is 0 Å². The lowest BCUT2D eigenvalue weighted by atomic mass is 10.4. The lowest BCUT2D eigenvalue weighted by Gasteiger charge is -2.09. The Morgan fingerprint density at radius 2 is 2.12 bits per heavy atom. The second-order valence-corrected chi connectivity index (χ2v) is 2.73. The van der Waals surface area contributed by atoms with Crippen LogP contribution < -0.4 is 10.6 Å². The lowest BCUT2D eigenvalue weighted by molar-refractivity contribution is -0.141. The number of nitrogens with zero attached hydrogens (tertiary/aromatic N) is 3. The van der Waals surface area contributed by atoms with Gasteiger partial charge in [0.2, 0.25) is 5.95 Å². The van der Waals surface area contributed by atoms with Gasteiger partial charge in [-0.1, -0.05) is 0 Å². The molecular weight excluding hydrogens is 223 g/mol. The van der Waals surface area contributed by atoms with E-state index in [-0.39, 0.29) is 11.8 Å². The van der Waals surface area contributed by atoms with E-state index in [0.717, 1.165) is 6.07 Å². The molecule has 5 nitrogen and oxygen atoms in total. The van der Waals surface area contributed by atoms with Crippen LogP contribution in [0.1, 0.15) is 12.6 Å². The fourth-order valence-electron chi connectivity index (χ4n) is 0.970. The molecule has 0 fully saturated rings. The maximum Gasteiger partial charge on any atom is 0.433 e. The normalized spacial score (nSPS) is 10.7. The van der Waals surface area contributed by atoms with Gasteiger partial charge in [-0.2, -0.15) is 23.4 Å². The number of anilines is 2. The maximum absolute atomic E-state index is 12.4. The van der Waals surface area contributed by atoms with Crippen LogP contribution in [0, 0.1) is 11.5 Å². The van der Waals surface area contributed by atoms with E-state index in [1.54, 1.807) is 6.92 Å². The summed E-state index contributed by atoms with van der Waals surface area (Å²) in [5.74, 6) is -0.365. The molecule has 0 amide bonds. The molecule has 0 bridgehead atoms. The summed E-state index contributed by atoms with van der Waals surface area (Å²) in [4.78, 5) is 6.84. The zero-order valence-electron chi connectivity index (χ0n) is 8.26. The number of rotatable bonds is 3. The summed E-state index contributed by atoms with van der Waals surface area (Å²) in [6.45, 7) is 2.13. The van der Waals surface area contributed by atoms with E-state index in [4.69, 9.17) is 5.26 Å². The quantitative estimate of drug-likeness (QED) is 0.613. The predicted molar refractivity (Wildman–Crippen MR) is 50.4 cm³/mol. The van der Waals surface area contributed by atoms with Crippen molar-refractivity contribution in [3.8, 4) is 6.19 Å². The molecule has 0 aliphatic rings. The molecule has 0 atom stereocenters. The average Bonchev–Trinajstić information content (AvgIpc) is 2.17. The molecule has 0 unspecified atom stereocenters. The first-order valence-electron chi connectivity index (χ1n) is 4.32. The van der Waals surface area contributed by atoms with Crippen LogP contribution in [0.2, 0.25) is 0 Å². The number of hydrogen-bond donors (Lipinski definition) is 2. The summed E-state index contributed by atoms with van der Waals surface area (Å²) in [6, 6.07) is 0.784. The minimum atomic E-state index is -4.57. The van der Waals surface area contributed by atoms with Gasteiger partial charge in [-0.05, 0) is 6.92 Å². The minimum absolute atomic E-state index is 0.0163. The van der Waals surface area contributed by atoms with Crippen LogP contribution in [0.15, 0.2) is 6.07 Å². The Bertz CT molecular complexity index is 409. The van der Waals surface area contributed by atoms with Gasteiger partial charge in [0, 0.05) is 12.6 Å². The number of aromatic nitrogens is 2. The largest absolute Gasteiger partial charge is 0.433 e. The molecule has 2 N–H and O–H groups in total. The molecule has 8 heteroatoms. The van der Waals surface area contributed by atoms with Crippen LogP contribution in [-0.4, -0.2) is 16.5 Å². The van der Waals surface area contributed by atoms with Gasteiger partial charge in [0.05, 0.1) is 0 Å². The Morgan fingerprint density at radius 3 is 2.62 bits per heavy atom. The molecule has 1 aromatic heterocycles. The van der Waals surface area contributed by atoms with Gasteiger partial charge in [-0.25, -0.2) is 4.98 Å². The van der Waals surface area contributed by atoms with Crippen LogP contribution in [0.25, 0.3) is 0 Å². The number of nitrogens with one attached hydrogen (secondary N) is 2. The topological polar surface area (TPSA) is 73.6 Å². The van der Waals surface area contributed by atoms with Gasteiger partial charge < -0.3 is 5.32 Å². The van der Waals surface area contributed by atoms with E-state index in [0.29, 0.717) is 6.54 Å². The average molecular weight is 231 g/mol. The van der Waals surface area contributed by atoms with Crippen LogP contribution in [0.4, 0.5) is 24.9 Å². The molecule has 86 valence electrons. The van der Waals surface area contributed by atoms with Gasteiger partial charge in [-0.15, -0.1) is 0 Å². The summed E-state index contributed by atoms with van der Waals surface area (Å²) in [5, 5.41) is 12.9. The molecule has 0 radical (unpaired) electrons. The highest BCUT2D eigenvalue weighted by atomic mass is 19.4. The monoisotopic (exact) mass is 231 g/mol. The highest BCUT2D eigenvalue weighted by Gasteiger charge is 2.33. The third-order valence-electron chi connectivity index (χ3n) is 1.54. The van der Waals surface area contributed by atoms with E-state index in [2.05, 4.69) is 15.3 Å². The first-order valence-corrected chi connectivity index (χ1v) is 4.32. The van der Waals surface area contributed by atoms with Crippen molar-refractivity contribution < 1.29 is 13.2 Å². The Balaban J connectivity index is 3.14. The molecule has 0 aromatic carbocycles. The first-order chi connectivity index (χ1) is 7.47. The fraction of sp³-hybridized carbons (Fsp3) is 0.375. The Hall–Kier alpha value is -2.04. The lowest BCUT2D eigenvalue weighted by Crippen LogP contribution is -2.12. The van der Waals surface area contributed by atoms with Gasteiger partial charge >= 0.3 is 6.18 Å². The summed E-state index contributed by atoms with van der Waals surface area (Å²) in [6.07, 6.45) is -3.11. The Morgan fingerprint density at radius 1 is 1.44 bits per heavy atom. The van der Waals surface area contributed by atoms with E-state index in [1.807, 2.05) is 5.32 Å². The van der Waals surface area contributed by atoms with Gasteiger partial charge in [-0.3, -0.25) is 5.32 Å². The molecule has 0 saturated heterocycles. The van der Waals surface area contributed by atoms with Crippen molar-refractivity contribution in [1.29, 1.82) is 5.26 Å². The van der Waals surface area contributed by atoms with E-state index in [9.17, 15) is 13.2 Å². The standard InChI is InChI=1S/C8H8F3N5/c1-2-13-6-3-5(8(9,10)11)15-7(16-6)14-4-12/h3H,2H2,1H3,(H2,13,14,15,16). The SMILES string of the molecule is CCNc1cc(C(F)(F)F)nc(NC#N)n1. The third-order valence-corrected chi connectivity index (χ3v) is 1.54. The molecule has 1 heterocycles. The molecular formula is C8H8F3N5. The minimum Gasteiger partial charge on any atom is -0.370 e. The molecule has 1 rings (SSSR count). The number of alkyl halides is 3. The highest BCUT2D eigenvalue weighted by Crippen LogP contribution is 2.29. The summed E-state index contributed by atoms with van der Waals surface area (Å²) in [7, 11) is 0. The van der Waals surface area contributed by atoms with Gasteiger partial charge in [0.1, 0.15) is 5.82 Å². The maximum atomic E-state index is 12.4. The van der Waals surface area contributed by atoms with Crippen molar-refractivity contribution in [2.45, 2.75) is 13.1 Å². The summed E-state index contributed by atoms with van der Waals surface area (Å²) < 4.78 is 37.2. The van der Waals surface area contributed by atoms with E-state index >= 15 is 0 Å². The number of halogens is 3. The summed E-state index contributed by atoms with van der Waals surface area (Å²) >= 11 is 0. The molecule has 0 aliphatic carbocycles.